The molecule has 1 N–H and O–H groups in total. The third-order valence-electron chi connectivity index (χ3n) is 6.62. The topological polar surface area (TPSA) is 68.5 Å². The molecule has 1 aliphatic carbocycles. The minimum Gasteiger partial charge on any atom is -0.496 e. The number of alkyl halides is 3. The first-order valence-corrected chi connectivity index (χ1v) is 10.7. The number of carbonyl (C=O) groups excluding carboxylic acids is 1. The minimum atomic E-state index is -5.00. The first-order valence-electron chi connectivity index (χ1n) is 10.7. The lowest BCUT2D eigenvalue weighted by Gasteiger charge is -2.46. The Labute approximate surface area is 194 Å². The molecule has 5 nitrogen and oxygen atoms in total. The molecule has 3 aromatic rings. The number of allylic oxidation sites excluding steroid dienone is 1. The third kappa shape index (κ3) is 3.72. The number of benzene rings is 2. The molecule has 3 atom stereocenters. The van der Waals surface area contributed by atoms with Gasteiger partial charge in [0.25, 0.3) is 0 Å². The van der Waals surface area contributed by atoms with Gasteiger partial charge in [0.05, 0.1) is 18.7 Å². The molecule has 1 aliphatic rings. The van der Waals surface area contributed by atoms with Crippen LogP contribution < -0.4 is 10.2 Å². The van der Waals surface area contributed by atoms with Crippen LogP contribution in [0.1, 0.15) is 42.2 Å². The van der Waals surface area contributed by atoms with Crippen molar-refractivity contribution in [2.75, 3.05) is 7.11 Å². The van der Waals surface area contributed by atoms with Crippen molar-refractivity contribution in [3.8, 4) is 5.75 Å². The molecular weight excluding hydrogens is 447 g/mol. The zero-order valence-electron chi connectivity index (χ0n) is 18.9. The van der Waals surface area contributed by atoms with Gasteiger partial charge in [0.15, 0.2) is 16.8 Å². The Morgan fingerprint density at radius 3 is 2.53 bits per heavy atom. The van der Waals surface area contributed by atoms with Gasteiger partial charge in [0.1, 0.15) is 5.75 Å². The number of pyridine rings is 1. The summed E-state index contributed by atoms with van der Waals surface area (Å²) in [7, 11) is 1.40. The monoisotopic (exact) mass is 471 g/mol. The van der Waals surface area contributed by atoms with Crippen LogP contribution in [0.5, 0.6) is 5.75 Å². The van der Waals surface area contributed by atoms with E-state index >= 15 is 0 Å². The van der Waals surface area contributed by atoms with Crippen LogP contribution in [-0.2, 0) is 5.41 Å². The van der Waals surface area contributed by atoms with E-state index in [1.54, 1.807) is 43.3 Å². The van der Waals surface area contributed by atoms with Gasteiger partial charge >= 0.3 is 6.18 Å². The molecule has 0 aliphatic heterocycles. The lowest BCUT2D eigenvalue weighted by Crippen LogP contribution is -2.56. The van der Waals surface area contributed by atoms with Crippen LogP contribution in [0.25, 0.3) is 10.9 Å². The number of nitrogens with zero attached hydrogens (tertiary/aromatic N) is 1. The summed E-state index contributed by atoms with van der Waals surface area (Å²) in [5.74, 6) is 0.0740. The summed E-state index contributed by atoms with van der Waals surface area (Å²) in [6, 6.07) is 10.6. The Bertz CT molecular complexity index is 1360. The quantitative estimate of drug-likeness (QED) is 0.431. The number of para-hydroxylation sites is 1. The Morgan fingerprint density at radius 2 is 1.88 bits per heavy atom. The Hall–Kier alpha value is -3.39. The molecule has 0 saturated heterocycles. The summed E-state index contributed by atoms with van der Waals surface area (Å²) < 4.78 is 50.3. The van der Waals surface area contributed by atoms with E-state index in [2.05, 4.69) is 0 Å². The first kappa shape index (κ1) is 23.8. The lowest BCUT2D eigenvalue weighted by molar-refractivity contribution is -0.278. The Balaban J connectivity index is 1.95. The molecule has 2 aromatic carbocycles. The van der Waals surface area contributed by atoms with Crippen molar-refractivity contribution in [3.05, 3.63) is 88.2 Å². The second-order valence-electron chi connectivity index (χ2n) is 8.90. The average molecular weight is 471 g/mol. The summed E-state index contributed by atoms with van der Waals surface area (Å²) in [6.45, 7) is 2.94. The fraction of sp³-hybridized carbons (Fsp3) is 0.308. The van der Waals surface area contributed by atoms with Gasteiger partial charge in [-0.15, -0.1) is 0 Å². The van der Waals surface area contributed by atoms with Crippen molar-refractivity contribution in [1.29, 1.82) is 0 Å². The summed E-state index contributed by atoms with van der Waals surface area (Å²) in [5.41, 5.74) is -3.82. The van der Waals surface area contributed by atoms with Crippen LogP contribution in [0, 0.1) is 0 Å². The van der Waals surface area contributed by atoms with Crippen LogP contribution in [0.3, 0.4) is 0 Å². The second kappa shape index (κ2) is 8.13. The van der Waals surface area contributed by atoms with Crippen molar-refractivity contribution < 1.29 is 27.8 Å². The van der Waals surface area contributed by atoms with Gasteiger partial charge in [-0.25, -0.2) is 0 Å². The summed E-state index contributed by atoms with van der Waals surface area (Å²) in [4.78, 5) is 24.2. The zero-order valence-corrected chi connectivity index (χ0v) is 18.9. The van der Waals surface area contributed by atoms with Crippen molar-refractivity contribution in [1.82, 2.24) is 4.57 Å². The number of carbonyl (C=O) groups is 1. The fourth-order valence-corrected chi connectivity index (χ4v) is 4.80. The number of hydrogen-bond acceptors (Lipinski definition) is 4. The van der Waals surface area contributed by atoms with E-state index in [1.165, 1.54) is 49.1 Å². The molecule has 0 radical (unpaired) electrons. The van der Waals surface area contributed by atoms with Crippen LogP contribution in [0.15, 0.2) is 71.7 Å². The van der Waals surface area contributed by atoms with E-state index in [0.29, 0.717) is 16.9 Å². The van der Waals surface area contributed by atoms with Crippen molar-refractivity contribution in [2.24, 2.45) is 0 Å². The molecule has 8 heteroatoms. The highest BCUT2D eigenvalue weighted by atomic mass is 19.4. The molecule has 0 bridgehead atoms. The largest absolute Gasteiger partial charge is 0.496 e. The normalized spacial score (nSPS) is 24.9. The van der Waals surface area contributed by atoms with Gasteiger partial charge in [-0.2, -0.15) is 13.2 Å². The van der Waals surface area contributed by atoms with Crippen LogP contribution >= 0.6 is 0 Å². The molecule has 1 aromatic heterocycles. The van der Waals surface area contributed by atoms with E-state index in [4.69, 9.17) is 4.74 Å². The van der Waals surface area contributed by atoms with Gasteiger partial charge in [-0.3, -0.25) is 9.59 Å². The smallest absolute Gasteiger partial charge is 0.419 e. The number of ether oxygens (including phenoxy) is 1. The number of aliphatic hydroxyl groups is 1. The van der Waals surface area contributed by atoms with Crippen LogP contribution in [-0.4, -0.2) is 34.3 Å². The first-order chi connectivity index (χ1) is 15.9. The van der Waals surface area contributed by atoms with E-state index < -0.39 is 29.7 Å². The Kier molecular flexibility index (Phi) is 5.68. The molecule has 4 rings (SSSR count). The predicted molar refractivity (Wildman–Crippen MR) is 122 cm³/mol. The SMILES string of the molecule is COc1ccc(C(C)=O)cc1C1(C)C=CC(n2ccc(=O)c3ccccc32)C(O)(C(F)(F)F)C1. The maximum absolute atomic E-state index is 14.5. The van der Waals surface area contributed by atoms with Gasteiger partial charge in [-0.1, -0.05) is 31.2 Å². The van der Waals surface area contributed by atoms with Crippen LogP contribution in [0.4, 0.5) is 13.2 Å². The van der Waals surface area contributed by atoms with Gasteiger partial charge in [0.2, 0.25) is 0 Å². The van der Waals surface area contributed by atoms with Gasteiger partial charge in [0, 0.05) is 40.6 Å². The summed E-state index contributed by atoms with van der Waals surface area (Å²) >= 11 is 0. The summed E-state index contributed by atoms with van der Waals surface area (Å²) in [6.07, 6.45) is -1.53. The highest BCUT2D eigenvalue weighted by molar-refractivity contribution is 5.94. The van der Waals surface area contributed by atoms with Crippen molar-refractivity contribution >= 4 is 16.7 Å². The number of aromatic nitrogens is 1. The molecule has 178 valence electrons. The number of hydrogen-bond donors (Lipinski definition) is 1. The number of methoxy groups -OCH3 is 1. The molecule has 0 saturated carbocycles. The third-order valence-corrected chi connectivity index (χ3v) is 6.62. The standard InChI is InChI=1S/C26H24F3NO4/c1-16(31)17-8-9-22(34-3)19(14-17)24(2)12-10-23(25(33,15-24)26(27,28)29)30-13-11-21(32)18-6-4-5-7-20(18)30/h4-14,23,33H,15H2,1-3H3. The number of fused-ring (bicyclic) bond motifs is 1. The molecular formula is C26H24F3NO4. The lowest BCUT2D eigenvalue weighted by atomic mass is 9.66. The maximum Gasteiger partial charge on any atom is 0.419 e. The predicted octanol–water partition coefficient (Wildman–Crippen LogP) is 4.97. The van der Waals surface area contributed by atoms with Gasteiger partial charge in [-0.05, 0) is 37.3 Å². The van der Waals surface area contributed by atoms with Crippen molar-refractivity contribution in [2.45, 2.75) is 43.5 Å². The highest BCUT2D eigenvalue weighted by Gasteiger charge is 2.62. The number of Topliss-reactive ketones (excluding diaryl/α,β-unsaturated/α-hetero) is 1. The van der Waals surface area contributed by atoms with Crippen molar-refractivity contribution in [3.63, 3.8) is 0 Å². The second-order valence-corrected chi connectivity index (χ2v) is 8.90. The number of halogens is 3. The Morgan fingerprint density at radius 1 is 1.18 bits per heavy atom. The average Bonchev–Trinajstić information content (AvgIpc) is 2.79. The van der Waals surface area contributed by atoms with E-state index in [-0.39, 0.29) is 22.1 Å². The van der Waals surface area contributed by atoms with E-state index in [9.17, 15) is 27.9 Å². The maximum atomic E-state index is 14.5. The van der Waals surface area contributed by atoms with Gasteiger partial charge < -0.3 is 14.4 Å². The number of rotatable bonds is 4. The molecule has 0 fully saturated rings. The minimum absolute atomic E-state index is 0.240. The molecule has 0 amide bonds. The highest BCUT2D eigenvalue weighted by Crippen LogP contribution is 2.53. The zero-order chi connectivity index (χ0) is 24.9. The van der Waals surface area contributed by atoms with E-state index in [1.807, 2.05) is 0 Å². The molecule has 3 unspecified atom stereocenters. The molecule has 1 heterocycles. The van der Waals surface area contributed by atoms with Crippen LogP contribution in [0.2, 0.25) is 0 Å². The number of ketones is 1. The molecule has 34 heavy (non-hydrogen) atoms. The summed E-state index contributed by atoms with van der Waals surface area (Å²) in [5, 5.41) is 11.6. The molecule has 0 spiro atoms. The van der Waals surface area contributed by atoms with E-state index in [0.717, 1.165) is 0 Å². The fourth-order valence-electron chi connectivity index (χ4n) is 4.80.